The van der Waals surface area contributed by atoms with Gasteiger partial charge in [0.15, 0.2) is 16.5 Å². The van der Waals surface area contributed by atoms with Crippen molar-refractivity contribution in [1.29, 1.82) is 0 Å². The Labute approximate surface area is 168 Å². The fourth-order valence-electron chi connectivity index (χ4n) is 2.39. The third kappa shape index (κ3) is 3.70. The van der Waals surface area contributed by atoms with E-state index in [9.17, 15) is 4.79 Å². The highest BCUT2D eigenvalue weighted by Crippen LogP contribution is 2.29. The largest absolute Gasteiger partial charge is 0.497 e. The second kappa shape index (κ2) is 8.09. The lowest BCUT2D eigenvalue weighted by molar-refractivity contribution is 0.0516. The minimum Gasteiger partial charge on any atom is -0.497 e. The molecule has 2 heterocycles. The lowest BCUT2D eigenvalue weighted by Crippen LogP contribution is -2.12. The molecular weight excluding hydrogens is 471 g/mol. The highest BCUT2D eigenvalue weighted by atomic mass is 127. The van der Waals surface area contributed by atoms with E-state index in [4.69, 9.17) is 21.1 Å². The van der Waals surface area contributed by atoms with Gasteiger partial charge in [-0.15, -0.1) is 0 Å². The van der Waals surface area contributed by atoms with Crippen LogP contribution in [0.1, 0.15) is 23.0 Å². The average Bonchev–Trinajstić information content (AvgIpc) is 3.06. The number of hydrogen-bond acceptors (Lipinski definition) is 6. The maximum Gasteiger partial charge on any atom is 0.358 e. The van der Waals surface area contributed by atoms with Crippen LogP contribution < -0.4 is 10.1 Å². The first-order valence-electron chi connectivity index (χ1n) is 7.81. The van der Waals surface area contributed by atoms with Gasteiger partial charge in [-0.2, -0.15) is 5.10 Å². The number of nitrogens with one attached hydrogen (secondary N) is 1. The number of aromatic nitrogens is 3. The van der Waals surface area contributed by atoms with Gasteiger partial charge in [-0.1, -0.05) is 23.7 Å². The van der Waals surface area contributed by atoms with E-state index in [1.165, 1.54) is 10.7 Å². The van der Waals surface area contributed by atoms with Gasteiger partial charge in [0.1, 0.15) is 5.75 Å². The van der Waals surface area contributed by atoms with Crippen molar-refractivity contribution in [1.82, 2.24) is 14.6 Å². The summed E-state index contributed by atoms with van der Waals surface area (Å²) in [5, 5.41) is 7.83. The molecule has 1 N–H and O–H groups in total. The highest BCUT2D eigenvalue weighted by Gasteiger charge is 2.20. The van der Waals surface area contributed by atoms with Crippen LogP contribution in [0.4, 0.5) is 5.69 Å². The molecular formula is C17H16ClIN4O3. The maximum absolute atomic E-state index is 12.1. The zero-order valence-electron chi connectivity index (χ0n) is 14.1. The van der Waals surface area contributed by atoms with Crippen molar-refractivity contribution in [3.63, 3.8) is 0 Å². The van der Waals surface area contributed by atoms with Crippen molar-refractivity contribution >= 4 is 51.5 Å². The van der Waals surface area contributed by atoms with Crippen molar-refractivity contribution in [2.45, 2.75) is 13.5 Å². The summed E-state index contributed by atoms with van der Waals surface area (Å²) in [7, 11) is 1.63. The minimum atomic E-state index is -0.495. The summed E-state index contributed by atoms with van der Waals surface area (Å²) in [4.78, 5) is 16.4. The number of ether oxygens (including phenoxy) is 2. The molecule has 0 bridgehead atoms. The summed E-state index contributed by atoms with van der Waals surface area (Å²) in [5.41, 5.74) is 2.50. The van der Waals surface area contributed by atoms with Crippen molar-refractivity contribution < 1.29 is 14.3 Å². The number of rotatable bonds is 6. The van der Waals surface area contributed by atoms with Crippen LogP contribution in [0.5, 0.6) is 5.75 Å². The molecule has 0 atom stereocenters. The summed E-state index contributed by atoms with van der Waals surface area (Å²) in [5.74, 6) is 0.302. The van der Waals surface area contributed by atoms with Gasteiger partial charge >= 0.3 is 5.97 Å². The third-order valence-corrected chi connectivity index (χ3v) is 5.30. The Morgan fingerprint density at radius 1 is 1.35 bits per heavy atom. The number of fused-ring (bicyclic) bond motifs is 1. The fourth-order valence-corrected chi connectivity index (χ4v) is 3.10. The molecule has 2 aromatic heterocycles. The molecule has 0 aliphatic rings. The van der Waals surface area contributed by atoms with Crippen LogP contribution >= 0.6 is 34.2 Å². The van der Waals surface area contributed by atoms with Gasteiger partial charge in [0.2, 0.25) is 0 Å². The van der Waals surface area contributed by atoms with E-state index in [0.717, 1.165) is 14.9 Å². The predicted octanol–water partition coefficient (Wildman–Crippen LogP) is 3.78. The van der Waals surface area contributed by atoms with Crippen molar-refractivity contribution in [2.75, 3.05) is 19.0 Å². The Morgan fingerprint density at radius 2 is 2.08 bits per heavy atom. The molecule has 7 nitrogen and oxygen atoms in total. The summed E-state index contributed by atoms with van der Waals surface area (Å²) in [6.07, 6.45) is 1.44. The Kier molecular flexibility index (Phi) is 5.82. The molecule has 0 fully saturated rings. The molecule has 0 aliphatic carbocycles. The van der Waals surface area contributed by atoms with Crippen LogP contribution in [0, 0.1) is 3.57 Å². The molecule has 26 heavy (non-hydrogen) atoms. The highest BCUT2D eigenvalue weighted by molar-refractivity contribution is 14.1. The van der Waals surface area contributed by atoms with Gasteiger partial charge < -0.3 is 14.8 Å². The molecule has 0 amide bonds. The zero-order valence-corrected chi connectivity index (χ0v) is 17.0. The lowest BCUT2D eigenvalue weighted by atomic mass is 10.2. The first-order valence-corrected chi connectivity index (χ1v) is 9.27. The minimum absolute atomic E-state index is 0.229. The molecule has 0 aliphatic heterocycles. The Hall–Kier alpha value is -2.07. The van der Waals surface area contributed by atoms with Crippen molar-refractivity contribution in [3.05, 3.63) is 50.4 Å². The fraction of sp³-hybridized carbons (Fsp3) is 0.235. The van der Waals surface area contributed by atoms with Gasteiger partial charge in [0.05, 0.1) is 29.2 Å². The van der Waals surface area contributed by atoms with Gasteiger partial charge in [0.25, 0.3) is 0 Å². The number of methoxy groups -OCH3 is 1. The first-order chi connectivity index (χ1) is 12.5. The number of carbonyl (C=O) groups excluding carboxylic acids is 1. The van der Waals surface area contributed by atoms with Gasteiger partial charge in [0, 0.05) is 6.54 Å². The smallest absolute Gasteiger partial charge is 0.358 e. The topological polar surface area (TPSA) is 77.8 Å². The van der Waals surface area contributed by atoms with E-state index < -0.39 is 5.97 Å². The number of nitrogens with zero attached hydrogens (tertiary/aromatic N) is 3. The molecule has 0 spiro atoms. The molecule has 136 valence electrons. The number of imidazole rings is 1. The molecule has 1 aromatic carbocycles. The van der Waals surface area contributed by atoms with Crippen molar-refractivity contribution in [2.24, 2.45) is 0 Å². The number of hydrogen-bond donors (Lipinski definition) is 1. The molecule has 0 radical (unpaired) electrons. The molecule has 3 aromatic rings. The number of benzene rings is 1. The SMILES string of the molecule is CCOC(=O)c1cnc2c(NCc3ccc(OC)cc3)c(I)c(Cl)nn12. The van der Waals surface area contributed by atoms with Gasteiger partial charge in [-0.3, -0.25) is 0 Å². The third-order valence-electron chi connectivity index (χ3n) is 3.66. The van der Waals surface area contributed by atoms with E-state index in [-0.39, 0.29) is 17.5 Å². The first kappa shape index (κ1) is 18.7. The molecule has 0 saturated heterocycles. The Balaban J connectivity index is 1.93. The molecule has 3 rings (SSSR count). The number of halogens is 2. The van der Waals surface area contributed by atoms with Gasteiger partial charge in [-0.05, 0) is 47.2 Å². The molecule has 9 heteroatoms. The molecule has 0 unspecified atom stereocenters. The van der Waals surface area contributed by atoms with Crippen LogP contribution in [0.15, 0.2) is 30.5 Å². The summed E-state index contributed by atoms with van der Waals surface area (Å²) in [6, 6.07) is 7.72. The Bertz CT molecular complexity index is 943. The number of esters is 1. The van der Waals surface area contributed by atoms with E-state index in [2.05, 4.69) is 38.0 Å². The predicted molar refractivity (Wildman–Crippen MR) is 107 cm³/mol. The molecule has 0 saturated carbocycles. The number of anilines is 1. The van der Waals surface area contributed by atoms with Gasteiger partial charge in [-0.25, -0.2) is 14.3 Å². The summed E-state index contributed by atoms with van der Waals surface area (Å²) < 4.78 is 12.3. The lowest BCUT2D eigenvalue weighted by Gasteiger charge is -2.12. The van der Waals surface area contributed by atoms with Crippen LogP contribution in [-0.4, -0.2) is 34.3 Å². The standard InChI is InChI=1S/C17H16ClIN4O3/c1-3-26-17(24)12-9-21-16-14(13(19)15(18)22-23(12)16)20-8-10-4-6-11(25-2)7-5-10/h4-7,9,20H,3,8H2,1-2H3. The van der Waals surface area contributed by atoms with Crippen LogP contribution in [0.3, 0.4) is 0 Å². The van der Waals surface area contributed by atoms with E-state index in [1.54, 1.807) is 14.0 Å². The summed E-state index contributed by atoms with van der Waals surface area (Å²) in [6.45, 7) is 2.57. The maximum atomic E-state index is 12.1. The summed E-state index contributed by atoms with van der Waals surface area (Å²) >= 11 is 8.35. The second-order valence-corrected chi connectivity index (χ2v) is 6.72. The van der Waals surface area contributed by atoms with Crippen LogP contribution in [-0.2, 0) is 11.3 Å². The van der Waals surface area contributed by atoms with Crippen LogP contribution in [0.2, 0.25) is 5.15 Å². The Morgan fingerprint density at radius 3 is 2.73 bits per heavy atom. The monoisotopic (exact) mass is 486 g/mol. The van der Waals surface area contributed by atoms with Crippen LogP contribution in [0.25, 0.3) is 5.65 Å². The van der Waals surface area contributed by atoms with E-state index >= 15 is 0 Å². The van der Waals surface area contributed by atoms with Crippen molar-refractivity contribution in [3.8, 4) is 5.75 Å². The zero-order chi connectivity index (χ0) is 18.7. The van der Waals surface area contributed by atoms with E-state index in [1.807, 2.05) is 24.3 Å². The van der Waals surface area contributed by atoms with E-state index in [0.29, 0.717) is 17.9 Å². The quantitative estimate of drug-likeness (QED) is 0.422. The average molecular weight is 487 g/mol. The number of carbonyl (C=O) groups is 1. The second-order valence-electron chi connectivity index (χ2n) is 5.28. The normalized spacial score (nSPS) is 10.8.